The zero-order valence-electron chi connectivity index (χ0n) is 13.7. The summed E-state index contributed by atoms with van der Waals surface area (Å²) in [4.78, 5) is 18.3. The van der Waals surface area contributed by atoms with E-state index in [9.17, 15) is 9.90 Å². The molecule has 1 aromatic carbocycles. The van der Waals surface area contributed by atoms with Gasteiger partial charge >= 0.3 is 5.97 Å². The van der Waals surface area contributed by atoms with Gasteiger partial charge in [0.1, 0.15) is 22.7 Å². The van der Waals surface area contributed by atoms with Crippen LogP contribution in [-0.2, 0) is 24.4 Å². The molecule has 2 aromatic heterocycles. The van der Waals surface area contributed by atoms with Gasteiger partial charge in [0.05, 0.1) is 25.3 Å². The van der Waals surface area contributed by atoms with Crippen molar-refractivity contribution in [2.24, 2.45) is 0 Å². The van der Waals surface area contributed by atoms with Crippen molar-refractivity contribution in [3.05, 3.63) is 52.4 Å². The minimum Gasteiger partial charge on any atom is -0.480 e. The highest BCUT2D eigenvalue weighted by Gasteiger charge is 2.33. The minimum atomic E-state index is -0.835. The second kappa shape index (κ2) is 6.38. The summed E-state index contributed by atoms with van der Waals surface area (Å²) in [5.74, 6) is 0.718. The van der Waals surface area contributed by atoms with E-state index in [2.05, 4.69) is 15.2 Å². The first-order valence-electron chi connectivity index (χ1n) is 7.97. The van der Waals surface area contributed by atoms with Crippen molar-refractivity contribution < 1.29 is 9.90 Å². The third kappa shape index (κ3) is 3.06. The zero-order valence-corrected chi connectivity index (χ0v) is 14.5. The third-order valence-electron chi connectivity index (χ3n) is 4.40. The molecule has 0 aliphatic carbocycles. The van der Waals surface area contributed by atoms with Crippen LogP contribution in [0.25, 0.3) is 11.3 Å². The van der Waals surface area contributed by atoms with E-state index in [0.29, 0.717) is 19.6 Å². The van der Waals surface area contributed by atoms with Crippen molar-refractivity contribution in [2.75, 3.05) is 0 Å². The van der Waals surface area contributed by atoms with Crippen LogP contribution in [0.15, 0.2) is 35.7 Å². The van der Waals surface area contributed by atoms with Crippen LogP contribution < -0.4 is 0 Å². The highest BCUT2D eigenvalue weighted by atomic mass is 32.1. The summed E-state index contributed by atoms with van der Waals surface area (Å²) in [6.45, 7) is 3.15. The van der Waals surface area contributed by atoms with Crippen LogP contribution in [-0.4, -0.2) is 41.8 Å². The maximum absolute atomic E-state index is 11.7. The molecule has 0 radical (unpaired) electrons. The lowest BCUT2D eigenvalue weighted by Gasteiger charge is -2.32. The molecular formula is C17H17N5O2S. The number of carboxylic acids is 1. The number of hydrogen-bond donors (Lipinski definition) is 1. The Bertz CT molecular complexity index is 905. The van der Waals surface area contributed by atoms with Crippen LogP contribution in [0.3, 0.4) is 0 Å². The average Bonchev–Trinajstić information content (AvgIpc) is 3.22. The Morgan fingerprint density at radius 1 is 1.32 bits per heavy atom. The van der Waals surface area contributed by atoms with Crippen molar-refractivity contribution in [1.29, 1.82) is 0 Å². The van der Waals surface area contributed by atoms with E-state index in [1.807, 2.05) is 52.1 Å². The lowest BCUT2D eigenvalue weighted by atomic mass is 10.2. The van der Waals surface area contributed by atoms with Crippen LogP contribution in [0.5, 0.6) is 0 Å². The van der Waals surface area contributed by atoms with E-state index in [4.69, 9.17) is 0 Å². The molecule has 1 aliphatic heterocycles. The minimum absolute atomic E-state index is 0.362. The van der Waals surface area contributed by atoms with Gasteiger partial charge in [0.15, 0.2) is 0 Å². The van der Waals surface area contributed by atoms with Crippen molar-refractivity contribution in [2.45, 2.75) is 32.6 Å². The van der Waals surface area contributed by atoms with E-state index in [0.717, 1.165) is 27.9 Å². The van der Waals surface area contributed by atoms with Crippen LogP contribution in [0.1, 0.15) is 16.7 Å². The molecule has 0 amide bonds. The van der Waals surface area contributed by atoms with Crippen molar-refractivity contribution in [3.63, 3.8) is 0 Å². The van der Waals surface area contributed by atoms with E-state index in [-0.39, 0.29) is 0 Å². The quantitative estimate of drug-likeness (QED) is 0.772. The van der Waals surface area contributed by atoms with E-state index in [1.54, 1.807) is 11.3 Å². The molecule has 1 N–H and O–H groups in total. The molecule has 1 unspecified atom stereocenters. The topological polar surface area (TPSA) is 84.1 Å². The summed E-state index contributed by atoms with van der Waals surface area (Å²) >= 11 is 1.55. The molecule has 0 fully saturated rings. The van der Waals surface area contributed by atoms with Gasteiger partial charge in [-0.15, -0.1) is 21.5 Å². The third-order valence-corrected chi connectivity index (χ3v) is 5.23. The largest absolute Gasteiger partial charge is 0.480 e. The molecule has 0 bridgehead atoms. The number of aryl methyl sites for hydroxylation is 1. The first-order valence-corrected chi connectivity index (χ1v) is 8.85. The number of thiazole rings is 1. The first kappa shape index (κ1) is 15.9. The number of aliphatic carboxylic acids is 1. The summed E-state index contributed by atoms with van der Waals surface area (Å²) in [7, 11) is 0. The number of carboxylic acid groups (broad SMARTS) is 1. The molecule has 3 heterocycles. The van der Waals surface area contributed by atoms with E-state index >= 15 is 0 Å². The number of carbonyl (C=O) groups is 1. The van der Waals surface area contributed by atoms with Gasteiger partial charge in [-0.3, -0.25) is 9.69 Å². The van der Waals surface area contributed by atoms with Gasteiger partial charge in [0.2, 0.25) is 0 Å². The maximum Gasteiger partial charge on any atom is 0.322 e. The number of fused-ring (bicyclic) bond motifs is 1. The van der Waals surface area contributed by atoms with Crippen LogP contribution in [0, 0.1) is 6.92 Å². The number of benzene rings is 1. The Hall–Kier alpha value is -2.58. The van der Waals surface area contributed by atoms with E-state index < -0.39 is 12.0 Å². The molecular weight excluding hydrogens is 338 g/mol. The fourth-order valence-electron chi connectivity index (χ4n) is 3.06. The monoisotopic (exact) mass is 355 g/mol. The Morgan fingerprint density at radius 3 is 2.88 bits per heavy atom. The molecule has 7 nitrogen and oxygen atoms in total. The van der Waals surface area contributed by atoms with Crippen LogP contribution in [0.4, 0.5) is 0 Å². The molecule has 0 spiro atoms. The lowest BCUT2D eigenvalue weighted by Crippen LogP contribution is -2.47. The number of hydrogen-bond acceptors (Lipinski definition) is 6. The Kier molecular flexibility index (Phi) is 4.06. The Labute approximate surface area is 148 Å². The molecule has 4 rings (SSSR count). The number of aromatic nitrogens is 4. The fraction of sp³-hybridized carbons (Fsp3) is 0.294. The van der Waals surface area contributed by atoms with Gasteiger partial charge in [-0.25, -0.2) is 4.98 Å². The predicted octanol–water partition coefficient (Wildman–Crippen LogP) is 2.18. The first-order chi connectivity index (χ1) is 12.1. The molecule has 1 atom stereocenters. The zero-order chi connectivity index (χ0) is 17.4. The smallest absolute Gasteiger partial charge is 0.322 e. The standard InChI is InChI=1S/C17H17N5O2S/c1-11-19-20-15-8-21(14(17(23)24)7-22(11)15)9-16-18-13(10-25-16)12-5-3-2-4-6-12/h2-6,10,14H,7-9H2,1H3,(H,23,24). The van der Waals surface area contributed by atoms with Crippen molar-refractivity contribution in [3.8, 4) is 11.3 Å². The van der Waals surface area contributed by atoms with Gasteiger partial charge in [-0.05, 0) is 6.92 Å². The number of nitrogens with zero attached hydrogens (tertiary/aromatic N) is 5. The molecule has 25 heavy (non-hydrogen) atoms. The lowest BCUT2D eigenvalue weighted by molar-refractivity contribution is -0.145. The molecule has 128 valence electrons. The van der Waals surface area contributed by atoms with E-state index in [1.165, 1.54) is 0 Å². The van der Waals surface area contributed by atoms with Gasteiger partial charge in [-0.2, -0.15) is 0 Å². The van der Waals surface area contributed by atoms with Crippen molar-refractivity contribution in [1.82, 2.24) is 24.6 Å². The molecule has 0 saturated heterocycles. The predicted molar refractivity (Wildman–Crippen MR) is 93.0 cm³/mol. The molecule has 3 aromatic rings. The summed E-state index contributed by atoms with van der Waals surface area (Å²) in [5, 5.41) is 20.7. The second-order valence-corrected chi connectivity index (χ2v) is 6.97. The van der Waals surface area contributed by atoms with Gasteiger partial charge in [0.25, 0.3) is 0 Å². The Balaban J connectivity index is 1.57. The Morgan fingerprint density at radius 2 is 2.12 bits per heavy atom. The average molecular weight is 355 g/mol. The highest BCUT2D eigenvalue weighted by molar-refractivity contribution is 7.09. The summed E-state index contributed by atoms with van der Waals surface area (Å²) in [6.07, 6.45) is 0. The highest BCUT2D eigenvalue weighted by Crippen LogP contribution is 2.25. The SMILES string of the molecule is Cc1nnc2n1CC(C(=O)O)N(Cc1nc(-c3ccccc3)cs1)C2. The van der Waals surface area contributed by atoms with Gasteiger partial charge in [0, 0.05) is 10.9 Å². The molecule has 1 aliphatic rings. The van der Waals surface area contributed by atoms with Crippen LogP contribution >= 0.6 is 11.3 Å². The summed E-state index contributed by atoms with van der Waals surface area (Å²) in [5.41, 5.74) is 1.98. The summed E-state index contributed by atoms with van der Waals surface area (Å²) in [6, 6.07) is 9.37. The van der Waals surface area contributed by atoms with Gasteiger partial charge < -0.3 is 9.67 Å². The normalized spacial score (nSPS) is 17.4. The van der Waals surface area contributed by atoms with Crippen molar-refractivity contribution >= 4 is 17.3 Å². The molecule has 0 saturated carbocycles. The maximum atomic E-state index is 11.7. The van der Waals surface area contributed by atoms with Crippen LogP contribution in [0.2, 0.25) is 0 Å². The van der Waals surface area contributed by atoms with Gasteiger partial charge in [-0.1, -0.05) is 30.3 Å². The number of rotatable bonds is 4. The summed E-state index contributed by atoms with van der Waals surface area (Å²) < 4.78 is 1.88. The fourth-order valence-corrected chi connectivity index (χ4v) is 3.89. The second-order valence-electron chi connectivity index (χ2n) is 6.03. The molecule has 8 heteroatoms.